The van der Waals surface area contributed by atoms with Crippen LogP contribution in [-0.4, -0.2) is 36.3 Å². The third kappa shape index (κ3) is 3.85. The van der Waals surface area contributed by atoms with Crippen LogP contribution < -0.4 is 10.2 Å². The van der Waals surface area contributed by atoms with Crippen LogP contribution in [-0.2, 0) is 21.9 Å². The highest BCUT2D eigenvalue weighted by Gasteiger charge is 2.45. The Labute approximate surface area is 172 Å². The van der Waals surface area contributed by atoms with Gasteiger partial charge in [0.25, 0.3) is 11.8 Å². The SMILES string of the molecule is CN1C(=O)C(NC(=O)C2=NN=C(Cc3ccccc3)C2)CC(F)(F)c2ccccc21. The number of hydrogen-bond donors (Lipinski definition) is 1. The number of anilines is 1. The van der Waals surface area contributed by atoms with Crippen LogP contribution in [0.5, 0.6) is 0 Å². The van der Waals surface area contributed by atoms with Crippen molar-refractivity contribution in [1.29, 1.82) is 0 Å². The molecule has 0 bridgehead atoms. The maximum Gasteiger partial charge on any atom is 0.277 e. The second-order valence-electron chi connectivity index (χ2n) is 7.40. The topological polar surface area (TPSA) is 74.1 Å². The molecule has 2 amide bonds. The first kappa shape index (κ1) is 19.9. The average molecular weight is 410 g/mol. The number of carbonyl (C=O) groups is 2. The van der Waals surface area contributed by atoms with E-state index in [2.05, 4.69) is 15.5 Å². The van der Waals surface area contributed by atoms with Gasteiger partial charge in [-0.05, 0) is 11.6 Å². The quantitative estimate of drug-likeness (QED) is 0.841. The third-order valence-electron chi connectivity index (χ3n) is 5.25. The molecule has 0 saturated heterocycles. The standard InChI is InChI=1S/C22H20F2N4O2/c1-28-19-10-6-5-9-16(19)22(23,24)13-18(21(28)30)25-20(29)17-12-15(26-27-17)11-14-7-3-2-4-8-14/h2-10,18H,11-13H2,1H3,(H,25,29). The van der Waals surface area contributed by atoms with Gasteiger partial charge in [0.15, 0.2) is 0 Å². The molecule has 0 aromatic heterocycles. The molecule has 4 rings (SSSR count). The molecule has 2 aromatic rings. The van der Waals surface area contributed by atoms with Gasteiger partial charge in [-0.2, -0.15) is 5.10 Å². The average Bonchev–Trinajstić information content (AvgIpc) is 3.19. The van der Waals surface area contributed by atoms with Gasteiger partial charge in [0.1, 0.15) is 11.8 Å². The van der Waals surface area contributed by atoms with Gasteiger partial charge < -0.3 is 10.2 Å². The summed E-state index contributed by atoms with van der Waals surface area (Å²) >= 11 is 0. The van der Waals surface area contributed by atoms with E-state index in [0.717, 1.165) is 10.5 Å². The van der Waals surface area contributed by atoms with E-state index in [-0.39, 0.29) is 23.4 Å². The van der Waals surface area contributed by atoms with Crippen molar-refractivity contribution in [2.24, 2.45) is 10.2 Å². The molecule has 154 valence electrons. The summed E-state index contributed by atoms with van der Waals surface area (Å²) in [5.74, 6) is -4.52. The second kappa shape index (κ2) is 7.78. The minimum Gasteiger partial charge on any atom is -0.339 e. The number of likely N-dealkylation sites (N-methyl/N-ethyl adjacent to an activating group) is 1. The molecule has 2 aromatic carbocycles. The number of para-hydroxylation sites is 1. The lowest BCUT2D eigenvalue weighted by Gasteiger charge is -2.21. The highest BCUT2D eigenvalue weighted by Crippen LogP contribution is 2.41. The number of nitrogens with one attached hydrogen (secondary N) is 1. The zero-order valence-electron chi connectivity index (χ0n) is 16.3. The lowest BCUT2D eigenvalue weighted by Crippen LogP contribution is -2.49. The molecular weight excluding hydrogens is 390 g/mol. The number of carbonyl (C=O) groups excluding carboxylic acids is 2. The number of halogens is 2. The molecule has 1 N–H and O–H groups in total. The van der Waals surface area contributed by atoms with Crippen molar-refractivity contribution in [3.63, 3.8) is 0 Å². The molecule has 0 aliphatic carbocycles. The number of alkyl halides is 2. The van der Waals surface area contributed by atoms with Gasteiger partial charge in [0.2, 0.25) is 5.91 Å². The van der Waals surface area contributed by atoms with Crippen LogP contribution in [0.4, 0.5) is 14.5 Å². The lowest BCUT2D eigenvalue weighted by molar-refractivity contribution is -0.126. The van der Waals surface area contributed by atoms with E-state index in [4.69, 9.17) is 0 Å². The fraction of sp³-hybridized carbons (Fsp3) is 0.273. The van der Waals surface area contributed by atoms with E-state index in [9.17, 15) is 18.4 Å². The van der Waals surface area contributed by atoms with Gasteiger partial charge >= 0.3 is 0 Å². The van der Waals surface area contributed by atoms with Crippen LogP contribution in [0, 0.1) is 0 Å². The molecule has 6 nitrogen and oxygen atoms in total. The van der Waals surface area contributed by atoms with Crippen molar-refractivity contribution >= 4 is 28.9 Å². The Morgan fingerprint density at radius 2 is 1.83 bits per heavy atom. The summed E-state index contributed by atoms with van der Waals surface area (Å²) in [5.41, 5.74) is 1.75. The maximum absolute atomic E-state index is 14.8. The molecule has 2 heterocycles. The Balaban J connectivity index is 1.44. The van der Waals surface area contributed by atoms with Gasteiger partial charge in [-0.1, -0.05) is 48.5 Å². The van der Waals surface area contributed by atoms with Crippen molar-refractivity contribution < 1.29 is 18.4 Å². The third-order valence-corrected chi connectivity index (χ3v) is 5.25. The van der Waals surface area contributed by atoms with Gasteiger partial charge in [0, 0.05) is 31.9 Å². The van der Waals surface area contributed by atoms with Crippen LogP contribution in [0.3, 0.4) is 0 Å². The first-order valence-corrected chi connectivity index (χ1v) is 9.57. The molecule has 8 heteroatoms. The monoisotopic (exact) mass is 410 g/mol. The van der Waals surface area contributed by atoms with E-state index >= 15 is 0 Å². The minimum absolute atomic E-state index is 0.112. The van der Waals surface area contributed by atoms with Gasteiger partial charge in [-0.15, -0.1) is 5.10 Å². The Bertz CT molecular complexity index is 1050. The first-order valence-electron chi connectivity index (χ1n) is 9.57. The molecule has 2 aliphatic heterocycles. The Hall–Kier alpha value is -3.42. The van der Waals surface area contributed by atoms with Crippen LogP contribution >= 0.6 is 0 Å². The van der Waals surface area contributed by atoms with E-state index in [1.54, 1.807) is 6.07 Å². The predicted molar refractivity (Wildman–Crippen MR) is 110 cm³/mol. The van der Waals surface area contributed by atoms with E-state index in [1.165, 1.54) is 25.2 Å². The number of hydrogen-bond acceptors (Lipinski definition) is 4. The number of nitrogens with zero attached hydrogens (tertiary/aromatic N) is 3. The van der Waals surface area contributed by atoms with E-state index in [0.29, 0.717) is 12.1 Å². The number of rotatable bonds is 4. The number of fused-ring (bicyclic) bond motifs is 1. The van der Waals surface area contributed by atoms with Crippen LogP contribution in [0.25, 0.3) is 0 Å². The van der Waals surface area contributed by atoms with Crippen molar-refractivity contribution in [1.82, 2.24) is 5.32 Å². The Morgan fingerprint density at radius 1 is 1.13 bits per heavy atom. The Kier molecular flexibility index (Phi) is 5.15. The van der Waals surface area contributed by atoms with Crippen LogP contribution in [0.15, 0.2) is 64.8 Å². The molecular formula is C22H20F2N4O2. The molecule has 0 saturated carbocycles. The van der Waals surface area contributed by atoms with Crippen molar-refractivity contribution in [3.8, 4) is 0 Å². The predicted octanol–water partition coefficient (Wildman–Crippen LogP) is 3.07. The Morgan fingerprint density at radius 3 is 2.60 bits per heavy atom. The van der Waals surface area contributed by atoms with Crippen molar-refractivity contribution in [2.75, 3.05) is 11.9 Å². The van der Waals surface area contributed by atoms with E-state index in [1.807, 2.05) is 30.3 Å². The molecule has 2 aliphatic rings. The van der Waals surface area contributed by atoms with E-state index < -0.39 is 30.2 Å². The van der Waals surface area contributed by atoms with Gasteiger partial charge in [0.05, 0.1) is 11.4 Å². The molecule has 0 fully saturated rings. The highest BCUT2D eigenvalue weighted by molar-refractivity contribution is 6.43. The summed E-state index contributed by atoms with van der Waals surface area (Å²) in [6.07, 6.45) is -0.0579. The first-order chi connectivity index (χ1) is 14.3. The normalized spacial score (nSPS) is 20.2. The van der Waals surface area contributed by atoms with Crippen LogP contribution in [0.2, 0.25) is 0 Å². The molecule has 30 heavy (non-hydrogen) atoms. The fourth-order valence-electron chi connectivity index (χ4n) is 3.69. The van der Waals surface area contributed by atoms with Crippen molar-refractivity contribution in [2.45, 2.75) is 31.2 Å². The zero-order valence-corrected chi connectivity index (χ0v) is 16.3. The van der Waals surface area contributed by atoms with Gasteiger partial charge in [-0.3, -0.25) is 9.59 Å². The summed E-state index contributed by atoms with van der Waals surface area (Å²) in [5, 5.41) is 10.4. The van der Waals surface area contributed by atoms with Crippen molar-refractivity contribution in [3.05, 3.63) is 65.7 Å². The number of amides is 2. The molecule has 1 atom stereocenters. The lowest BCUT2D eigenvalue weighted by atomic mass is 10.0. The second-order valence-corrected chi connectivity index (χ2v) is 7.40. The molecule has 1 unspecified atom stereocenters. The number of benzene rings is 2. The summed E-state index contributed by atoms with van der Waals surface area (Å²) in [6.45, 7) is 0. The maximum atomic E-state index is 14.8. The summed E-state index contributed by atoms with van der Waals surface area (Å²) in [7, 11) is 1.43. The molecule has 0 spiro atoms. The van der Waals surface area contributed by atoms with Gasteiger partial charge in [-0.25, -0.2) is 8.78 Å². The fourth-order valence-corrected chi connectivity index (χ4v) is 3.69. The molecule has 0 radical (unpaired) electrons. The summed E-state index contributed by atoms with van der Waals surface area (Å²) in [6, 6.07) is 14.1. The van der Waals surface area contributed by atoms with Crippen LogP contribution in [0.1, 0.15) is 24.0 Å². The summed E-state index contributed by atoms with van der Waals surface area (Å²) in [4.78, 5) is 26.6. The highest BCUT2D eigenvalue weighted by atomic mass is 19.3. The smallest absolute Gasteiger partial charge is 0.277 e. The summed E-state index contributed by atoms with van der Waals surface area (Å²) < 4.78 is 29.6. The largest absolute Gasteiger partial charge is 0.339 e. The zero-order chi connectivity index (χ0) is 21.3. The minimum atomic E-state index is -3.26.